The molecule has 1 unspecified atom stereocenters. The van der Waals surface area contributed by atoms with Gasteiger partial charge in [-0.05, 0) is 30.5 Å². The first-order valence-electron chi connectivity index (χ1n) is 6.44. The van der Waals surface area contributed by atoms with Gasteiger partial charge in [0.1, 0.15) is 11.9 Å². The highest BCUT2D eigenvalue weighted by Crippen LogP contribution is 2.34. The summed E-state index contributed by atoms with van der Waals surface area (Å²) in [4.78, 5) is 4.30. The first-order chi connectivity index (χ1) is 9.00. The molecule has 19 heavy (non-hydrogen) atoms. The zero-order valence-electron chi connectivity index (χ0n) is 11.5. The van der Waals surface area contributed by atoms with E-state index in [1.165, 1.54) is 0 Å². The van der Waals surface area contributed by atoms with E-state index in [1.807, 2.05) is 45.0 Å². The number of nitrogens with zero attached hydrogens (tertiary/aromatic N) is 1. The number of hydrogen-bond donors (Lipinski definition) is 2. The van der Waals surface area contributed by atoms with Crippen molar-refractivity contribution in [2.45, 2.75) is 32.8 Å². The number of aromatic nitrogens is 1. The molecule has 2 N–H and O–H groups in total. The summed E-state index contributed by atoms with van der Waals surface area (Å²) in [6.45, 7) is 5.90. The standard InChI is InChI=1S/C16H19NO2/c1-10(2)12-7-5-8-13(15(12)18)16(19)14-9-4-6-11(3)17-14/h4-10,16,18-19H,1-3H3. The lowest BCUT2D eigenvalue weighted by molar-refractivity contribution is 0.210. The van der Waals surface area contributed by atoms with Crippen molar-refractivity contribution >= 4 is 0 Å². The molecule has 0 bridgehead atoms. The molecule has 3 heteroatoms. The maximum atomic E-state index is 10.4. The predicted molar refractivity (Wildman–Crippen MR) is 75.2 cm³/mol. The molecular formula is C16H19NO2. The lowest BCUT2D eigenvalue weighted by Crippen LogP contribution is -2.04. The molecule has 0 aliphatic carbocycles. The minimum absolute atomic E-state index is 0.160. The number of phenols is 1. The van der Waals surface area contributed by atoms with E-state index in [-0.39, 0.29) is 11.7 Å². The minimum atomic E-state index is -0.904. The molecule has 2 rings (SSSR count). The minimum Gasteiger partial charge on any atom is -0.507 e. The zero-order valence-corrected chi connectivity index (χ0v) is 11.5. The molecule has 0 saturated carbocycles. The third-order valence-corrected chi connectivity index (χ3v) is 3.21. The van der Waals surface area contributed by atoms with Crippen molar-refractivity contribution in [3.05, 3.63) is 58.9 Å². The highest BCUT2D eigenvalue weighted by atomic mass is 16.3. The normalized spacial score (nSPS) is 12.7. The topological polar surface area (TPSA) is 53.4 Å². The molecule has 1 aromatic heterocycles. The van der Waals surface area contributed by atoms with Gasteiger partial charge in [-0.15, -0.1) is 0 Å². The molecule has 0 spiro atoms. The van der Waals surface area contributed by atoms with E-state index in [1.54, 1.807) is 12.1 Å². The van der Waals surface area contributed by atoms with E-state index < -0.39 is 6.10 Å². The lowest BCUT2D eigenvalue weighted by atomic mass is 9.95. The molecule has 0 fully saturated rings. The molecule has 1 aromatic carbocycles. The van der Waals surface area contributed by atoms with Gasteiger partial charge in [0.25, 0.3) is 0 Å². The third kappa shape index (κ3) is 2.76. The Labute approximate surface area is 113 Å². The van der Waals surface area contributed by atoms with Crippen LogP contribution < -0.4 is 0 Å². The summed E-state index contributed by atoms with van der Waals surface area (Å²) >= 11 is 0. The van der Waals surface area contributed by atoms with Crippen LogP contribution >= 0.6 is 0 Å². The fourth-order valence-electron chi connectivity index (χ4n) is 2.14. The van der Waals surface area contributed by atoms with Gasteiger partial charge in [-0.3, -0.25) is 4.98 Å². The number of rotatable bonds is 3. The molecule has 1 atom stereocenters. The monoisotopic (exact) mass is 257 g/mol. The molecule has 0 aliphatic rings. The van der Waals surface area contributed by atoms with E-state index in [4.69, 9.17) is 0 Å². The number of pyridine rings is 1. The van der Waals surface area contributed by atoms with E-state index in [2.05, 4.69) is 4.98 Å². The van der Waals surface area contributed by atoms with Crippen LogP contribution in [0.5, 0.6) is 5.75 Å². The van der Waals surface area contributed by atoms with Crippen LogP contribution in [0.2, 0.25) is 0 Å². The Morgan fingerprint density at radius 2 is 1.63 bits per heavy atom. The van der Waals surface area contributed by atoms with Crippen molar-refractivity contribution in [3.8, 4) is 5.75 Å². The van der Waals surface area contributed by atoms with Crippen LogP contribution in [0.25, 0.3) is 0 Å². The Morgan fingerprint density at radius 3 is 2.26 bits per heavy atom. The second-order valence-electron chi connectivity index (χ2n) is 5.05. The van der Waals surface area contributed by atoms with Gasteiger partial charge >= 0.3 is 0 Å². The number of hydrogen-bond acceptors (Lipinski definition) is 3. The van der Waals surface area contributed by atoms with Crippen molar-refractivity contribution in [3.63, 3.8) is 0 Å². The number of para-hydroxylation sites is 1. The number of aryl methyl sites for hydroxylation is 1. The van der Waals surface area contributed by atoms with Gasteiger partial charge < -0.3 is 10.2 Å². The van der Waals surface area contributed by atoms with E-state index >= 15 is 0 Å². The quantitative estimate of drug-likeness (QED) is 0.887. The Bertz CT molecular complexity index is 579. The van der Waals surface area contributed by atoms with Crippen LogP contribution in [0, 0.1) is 6.92 Å². The maximum Gasteiger partial charge on any atom is 0.125 e. The molecular weight excluding hydrogens is 238 g/mol. The maximum absolute atomic E-state index is 10.4. The fourth-order valence-corrected chi connectivity index (χ4v) is 2.14. The highest BCUT2D eigenvalue weighted by molar-refractivity contribution is 5.45. The second kappa shape index (κ2) is 5.41. The number of phenolic OH excluding ortho intramolecular Hbond substituents is 1. The van der Waals surface area contributed by atoms with Crippen molar-refractivity contribution < 1.29 is 10.2 Å². The molecule has 100 valence electrons. The van der Waals surface area contributed by atoms with Crippen LogP contribution in [0.4, 0.5) is 0 Å². The number of aliphatic hydroxyl groups excluding tert-OH is 1. The molecule has 3 nitrogen and oxygen atoms in total. The smallest absolute Gasteiger partial charge is 0.125 e. The zero-order chi connectivity index (χ0) is 14.0. The predicted octanol–water partition coefficient (Wildman–Crippen LogP) is 3.30. The van der Waals surface area contributed by atoms with Crippen molar-refractivity contribution in [2.75, 3.05) is 0 Å². The van der Waals surface area contributed by atoms with Gasteiger partial charge in [0.15, 0.2) is 0 Å². The largest absolute Gasteiger partial charge is 0.507 e. The van der Waals surface area contributed by atoms with Gasteiger partial charge in [-0.1, -0.05) is 38.1 Å². The lowest BCUT2D eigenvalue weighted by Gasteiger charge is -2.16. The van der Waals surface area contributed by atoms with Crippen molar-refractivity contribution in [1.29, 1.82) is 0 Å². The Morgan fingerprint density at radius 1 is 1.00 bits per heavy atom. The summed E-state index contributed by atoms with van der Waals surface area (Å²) in [6.07, 6.45) is -0.904. The summed E-state index contributed by atoms with van der Waals surface area (Å²) in [5, 5.41) is 20.7. The Hall–Kier alpha value is -1.87. The molecule has 0 amide bonds. The Balaban J connectivity index is 2.44. The molecule has 2 aromatic rings. The first kappa shape index (κ1) is 13.6. The SMILES string of the molecule is Cc1cccc(C(O)c2cccc(C(C)C)c2O)n1. The second-order valence-corrected chi connectivity index (χ2v) is 5.05. The fraction of sp³-hybridized carbons (Fsp3) is 0.312. The average molecular weight is 257 g/mol. The summed E-state index contributed by atoms with van der Waals surface area (Å²) in [6, 6.07) is 10.9. The van der Waals surface area contributed by atoms with E-state index in [0.29, 0.717) is 11.3 Å². The van der Waals surface area contributed by atoms with E-state index in [0.717, 1.165) is 11.3 Å². The van der Waals surface area contributed by atoms with Gasteiger partial charge in [-0.2, -0.15) is 0 Å². The molecule has 0 saturated heterocycles. The average Bonchev–Trinajstić information content (AvgIpc) is 2.38. The van der Waals surface area contributed by atoms with Crippen molar-refractivity contribution in [1.82, 2.24) is 4.98 Å². The van der Waals surface area contributed by atoms with E-state index in [9.17, 15) is 10.2 Å². The van der Waals surface area contributed by atoms with Gasteiger partial charge in [0.2, 0.25) is 0 Å². The number of aliphatic hydroxyl groups is 1. The van der Waals surface area contributed by atoms with Gasteiger partial charge in [-0.25, -0.2) is 0 Å². The number of benzene rings is 1. The summed E-state index contributed by atoms with van der Waals surface area (Å²) in [5.41, 5.74) is 2.74. The highest BCUT2D eigenvalue weighted by Gasteiger charge is 2.18. The van der Waals surface area contributed by atoms with Crippen LogP contribution in [0.1, 0.15) is 48.4 Å². The van der Waals surface area contributed by atoms with Crippen LogP contribution in [-0.2, 0) is 0 Å². The van der Waals surface area contributed by atoms with Crippen LogP contribution in [0.15, 0.2) is 36.4 Å². The van der Waals surface area contributed by atoms with Gasteiger partial charge in [0.05, 0.1) is 5.69 Å². The molecule has 0 radical (unpaired) electrons. The molecule has 0 aliphatic heterocycles. The van der Waals surface area contributed by atoms with Crippen molar-refractivity contribution in [2.24, 2.45) is 0 Å². The summed E-state index contributed by atoms with van der Waals surface area (Å²) < 4.78 is 0. The van der Waals surface area contributed by atoms with Crippen LogP contribution in [0.3, 0.4) is 0 Å². The summed E-state index contributed by atoms with van der Waals surface area (Å²) in [5.74, 6) is 0.367. The molecule has 1 heterocycles. The van der Waals surface area contributed by atoms with Gasteiger partial charge in [0, 0.05) is 11.3 Å². The Kier molecular flexibility index (Phi) is 3.86. The first-order valence-corrected chi connectivity index (χ1v) is 6.44. The number of aromatic hydroxyl groups is 1. The summed E-state index contributed by atoms with van der Waals surface area (Å²) in [7, 11) is 0. The van der Waals surface area contributed by atoms with Crippen LogP contribution in [-0.4, -0.2) is 15.2 Å². The third-order valence-electron chi connectivity index (χ3n) is 3.21.